The van der Waals surface area contributed by atoms with E-state index in [9.17, 15) is 13.6 Å². The Balaban J connectivity index is 0.000000406. The van der Waals surface area contributed by atoms with Gasteiger partial charge in [-0.25, -0.2) is 8.78 Å². The summed E-state index contributed by atoms with van der Waals surface area (Å²) in [6.07, 6.45) is 4.21. The van der Waals surface area contributed by atoms with E-state index in [1.54, 1.807) is 24.3 Å². The van der Waals surface area contributed by atoms with Gasteiger partial charge < -0.3 is 19.9 Å². The Kier molecular flexibility index (Phi) is 12.5. The molecule has 37 heavy (non-hydrogen) atoms. The number of ether oxygens (including phenoxy) is 3. The SMILES string of the molecule is C=CC(CCC1(c2ccc(F)cc2)OCCO1)Cc1ccc(OC=O)cc1.CC.Nc1ccc(F)cc1. The molecule has 0 aliphatic carbocycles. The first-order valence-electron chi connectivity index (χ1n) is 12.3. The topological polar surface area (TPSA) is 70.8 Å². The molecule has 1 unspecified atom stereocenters. The number of rotatable bonds is 9. The summed E-state index contributed by atoms with van der Waals surface area (Å²) in [5.41, 5.74) is 7.81. The number of anilines is 1. The molecule has 1 atom stereocenters. The number of nitrogen functional groups attached to an aromatic ring is 1. The van der Waals surface area contributed by atoms with E-state index in [1.807, 2.05) is 32.1 Å². The van der Waals surface area contributed by atoms with E-state index in [1.165, 1.54) is 36.4 Å². The number of allylic oxidation sites excluding steroid dienone is 1. The van der Waals surface area contributed by atoms with E-state index in [0.717, 1.165) is 24.0 Å². The van der Waals surface area contributed by atoms with Crippen molar-refractivity contribution in [2.75, 3.05) is 18.9 Å². The maximum Gasteiger partial charge on any atom is 0.298 e. The van der Waals surface area contributed by atoms with Crippen LogP contribution in [0.3, 0.4) is 0 Å². The molecule has 3 aromatic rings. The lowest BCUT2D eigenvalue weighted by atomic mass is 9.90. The molecular formula is C30H35F2NO4. The van der Waals surface area contributed by atoms with Gasteiger partial charge in [0.15, 0.2) is 5.79 Å². The number of benzene rings is 3. The molecule has 0 amide bonds. The Morgan fingerprint density at radius 1 is 0.946 bits per heavy atom. The third kappa shape index (κ3) is 9.44. The lowest BCUT2D eigenvalue weighted by Gasteiger charge is -2.29. The van der Waals surface area contributed by atoms with Gasteiger partial charge in [0, 0.05) is 17.7 Å². The number of hydrogen-bond acceptors (Lipinski definition) is 5. The number of carbonyl (C=O) groups is 1. The highest BCUT2D eigenvalue weighted by Crippen LogP contribution is 2.37. The van der Waals surface area contributed by atoms with Crippen molar-refractivity contribution in [3.05, 3.63) is 108 Å². The van der Waals surface area contributed by atoms with E-state index < -0.39 is 5.79 Å². The molecule has 0 aromatic heterocycles. The van der Waals surface area contributed by atoms with Gasteiger partial charge in [0.1, 0.15) is 17.4 Å². The fraction of sp³-hybridized carbons (Fsp3) is 0.300. The van der Waals surface area contributed by atoms with Gasteiger partial charge >= 0.3 is 0 Å². The van der Waals surface area contributed by atoms with Crippen LogP contribution in [0, 0.1) is 17.6 Å². The van der Waals surface area contributed by atoms with E-state index >= 15 is 0 Å². The van der Waals surface area contributed by atoms with Gasteiger partial charge in [0.05, 0.1) is 13.2 Å². The minimum Gasteiger partial charge on any atom is -0.429 e. The molecule has 7 heteroatoms. The first kappa shape index (κ1) is 29.7. The van der Waals surface area contributed by atoms with Gasteiger partial charge in [0.25, 0.3) is 6.47 Å². The normalized spacial score (nSPS) is 14.3. The molecule has 3 aromatic carbocycles. The van der Waals surface area contributed by atoms with E-state index in [0.29, 0.717) is 37.5 Å². The average molecular weight is 512 g/mol. The molecule has 1 aliphatic heterocycles. The standard InChI is InChI=1S/C22H23FO4.C6H6FN.C2H6/c1-2-17(15-18-3-9-21(10-4-18)25-16-24)11-12-22(26-13-14-27-22)19-5-7-20(23)8-6-19;7-5-1-3-6(8)4-2-5;1-2/h2-10,16-17H,1,11-15H2;1-4H,8H2;1-2H3. The van der Waals surface area contributed by atoms with Crippen LogP contribution in [-0.2, 0) is 26.5 Å². The third-order valence-electron chi connectivity index (χ3n) is 5.69. The van der Waals surface area contributed by atoms with Gasteiger partial charge in [0.2, 0.25) is 0 Å². The van der Waals surface area contributed by atoms with Crippen LogP contribution in [-0.4, -0.2) is 19.7 Å². The van der Waals surface area contributed by atoms with Gasteiger partial charge in [-0.2, -0.15) is 0 Å². The van der Waals surface area contributed by atoms with Crippen LogP contribution < -0.4 is 10.5 Å². The molecule has 1 saturated heterocycles. The zero-order valence-electron chi connectivity index (χ0n) is 21.4. The maximum atomic E-state index is 13.3. The lowest BCUT2D eigenvalue weighted by molar-refractivity contribution is -0.172. The molecular weight excluding hydrogens is 476 g/mol. The highest BCUT2D eigenvalue weighted by molar-refractivity contribution is 5.45. The zero-order valence-corrected chi connectivity index (χ0v) is 21.4. The molecule has 198 valence electrons. The number of halogens is 2. The fourth-order valence-electron chi connectivity index (χ4n) is 3.82. The molecule has 4 rings (SSSR count). The van der Waals surface area contributed by atoms with Crippen LogP contribution in [0.1, 0.15) is 37.8 Å². The van der Waals surface area contributed by atoms with E-state index in [2.05, 4.69) is 6.58 Å². The van der Waals surface area contributed by atoms with Crippen molar-refractivity contribution >= 4 is 12.2 Å². The first-order chi connectivity index (χ1) is 17.9. The second kappa shape index (κ2) is 15.5. The number of hydrogen-bond donors (Lipinski definition) is 1. The van der Waals surface area contributed by atoms with Gasteiger partial charge in [-0.1, -0.05) is 44.2 Å². The third-order valence-corrected chi connectivity index (χ3v) is 5.69. The molecule has 2 N–H and O–H groups in total. The molecule has 0 spiro atoms. The summed E-state index contributed by atoms with van der Waals surface area (Å²) in [5, 5.41) is 0. The van der Waals surface area contributed by atoms with Crippen molar-refractivity contribution in [2.45, 2.75) is 38.9 Å². The molecule has 0 saturated carbocycles. The molecule has 0 radical (unpaired) electrons. The maximum absolute atomic E-state index is 13.3. The Bertz CT molecular complexity index is 1040. The van der Waals surface area contributed by atoms with Crippen molar-refractivity contribution in [1.29, 1.82) is 0 Å². The Labute approximate surface area is 217 Å². The van der Waals surface area contributed by atoms with Gasteiger partial charge in [-0.05, 0) is 72.9 Å². The second-order valence-corrected chi connectivity index (χ2v) is 8.10. The van der Waals surface area contributed by atoms with E-state index in [-0.39, 0.29) is 17.6 Å². The minimum absolute atomic E-state index is 0.230. The Hall–Kier alpha value is -3.55. The van der Waals surface area contributed by atoms with Crippen molar-refractivity contribution in [1.82, 2.24) is 0 Å². The van der Waals surface area contributed by atoms with Crippen LogP contribution >= 0.6 is 0 Å². The van der Waals surface area contributed by atoms with Gasteiger partial charge in [-0.3, -0.25) is 4.79 Å². The summed E-state index contributed by atoms with van der Waals surface area (Å²) in [6.45, 7) is 9.41. The lowest BCUT2D eigenvalue weighted by Crippen LogP contribution is -2.28. The predicted octanol–water partition coefficient (Wildman–Crippen LogP) is 6.82. The summed E-state index contributed by atoms with van der Waals surface area (Å²) in [7, 11) is 0. The predicted molar refractivity (Wildman–Crippen MR) is 142 cm³/mol. The minimum atomic E-state index is -0.823. The van der Waals surface area contributed by atoms with Crippen molar-refractivity contribution < 1.29 is 27.8 Å². The molecule has 0 bridgehead atoms. The van der Waals surface area contributed by atoms with Crippen molar-refractivity contribution in [3.8, 4) is 5.75 Å². The Morgan fingerprint density at radius 2 is 1.49 bits per heavy atom. The second-order valence-electron chi connectivity index (χ2n) is 8.10. The van der Waals surface area contributed by atoms with Crippen LogP contribution in [0.15, 0.2) is 85.5 Å². The molecule has 5 nitrogen and oxygen atoms in total. The van der Waals surface area contributed by atoms with Crippen molar-refractivity contribution in [3.63, 3.8) is 0 Å². The fourth-order valence-corrected chi connectivity index (χ4v) is 3.82. The van der Waals surface area contributed by atoms with Crippen molar-refractivity contribution in [2.24, 2.45) is 5.92 Å². The summed E-state index contributed by atoms with van der Waals surface area (Å²) >= 11 is 0. The Morgan fingerprint density at radius 3 is 1.97 bits per heavy atom. The van der Waals surface area contributed by atoms with Crippen LogP contribution in [0.5, 0.6) is 5.75 Å². The number of carbonyl (C=O) groups excluding carboxylic acids is 1. The van der Waals surface area contributed by atoms with Crippen LogP contribution in [0.4, 0.5) is 14.5 Å². The molecule has 1 heterocycles. The monoisotopic (exact) mass is 511 g/mol. The van der Waals surface area contributed by atoms with Crippen LogP contribution in [0.25, 0.3) is 0 Å². The van der Waals surface area contributed by atoms with E-state index in [4.69, 9.17) is 19.9 Å². The van der Waals surface area contributed by atoms with Crippen LogP contribution in [0.2, 0.25) is 0 Å². The quantitative estimate of drug-likeness (QED) is 0.194. The summed E-state index contributed by atoms with van der Waals surface area (Å²) < 4.78 is 42.0. The highest BCUT2D eigenvalue weighted by Gasteiger charge is 2.38. The summed E-state index contributed by atoms with van der Waals surface area (Å²) in [6, 6.07) is 19.4. The smallest absolute Gasteiger partial charge is 0.298 e. The zero-order chi connectivity index (χ0) is 27.1. The molecule has 1 aliphatic rings. The van der Waals surface area contributed by atoms with Gasteiger partial charge in [-0.15, -0.1) is 6.58 Å². The average Bonchev–Trinajstić information content (AvgIpc) is 3.41. The summed E-state index contributed by atoms with van der Waals surface area (Å²) in [5.74, 6) is -0.603. The first-order valence-corrected chi connectivity index (χ1v) is 12.3. The largest absolute Gasteiger partial charge is 0.429 e. The summed E-state index contributed by atoms with van der Waals surface area (Å²) in [4.78, 5) is 10.4. The number of nitrogens with two attached hydrogens (primary N) is 1. The highest BCUT2D eigenvalue weighted by atomic mass is 19.1. The molecule has 1 fully saturated rings.